The van der Waals surface area contributed by atoms with Crippen molar-refractivity contribution in [3.05, 3.63) is 66.0 Å². The number of aryl methyl sites for hydroxylation is 1. The van der Waals surface area contributed by atoms with Crippen LogP contribution >= 0.6 is 0 Å². The molecule has 138 valence electrons. The Kier molecular flexibility index (Phi) is 5.21. The average Bonchev–Trinajstić information content (AvgIpc) is 2.62. The molecule has 0 unspecified atom stereocenters. The minimum Gasteiger partial charge on any atom is -0.478 e. The third kappa shape index (κ3) is 4.72. The fourth-order valence-corrected chi connectivity index (χ4v) is 2.56. The maximum absolute atomic E-state index is 11.1. The molecule has 0 amide bonds. The van der Waals surface area contributed by atoms with Gasteiger partial charge in [-0.05, 0) is 49.4 Å². The molecule has 0 saturated heterocycles. The summed E-state index contributed by atoms with van der Waals surface area (Å²) in [6.45, 7) is 1.80. The van der Waals surface area contributed by atoms with E-state index in [0.29, 0.717) is 23.1 Å². The first-order valence-corrected chi connectivity index (χ1v) is 8.41. The molecule has 0 saturated carbocycles. The van der Waals surface area contributed by atoms with Crippen molar-refractivity contribution in [1.29, 1.82) is 0 Å². The molecule has 0 fully saturated rings. The van der Waals surface area contributed by atoms with Gasteiger partial charge in [-0.25, -0.2) is 14.8 Å². The Morgan fingerprint density at radius 3 is 2.15 bits per heavy atom. The van der Waals surface area contributed by atoms with E-state index >= 15 is 0 Å². The van der Waals surface area contributed by atoms with Gasteiger partial charge in [-0.3, -0.25) is 0 Å². The highest BCUT2D eigenvalue weighted by Gasteiger charge is 2.06. The number of nitrogens with one attached hydrogen (secondary N) is 2. The molecule has 3 aromatic rings. The molecule has 1 aromatic heterocycles. The molecule has 2 aromatic carbocycles. The van der Waals surface area contributed by atoms with Crippen LogP contribution < -0.4 is 15.5 Å². The lowest BCUT2D eigenvalue weighted by Gasteiger charge is -2.14. The summed E-state index contributed by atoms with van der Waals surface area (Å²) in [5.74, 6) is 0.859. The number of nitrogens with zero attached hydrogens (tertiary/aromatic N) is 3. The molecule has 0 atom stereocenters. The second-order valence-electron chi connectivity index (χ2n) is 6.26. The topological polar surface area (TPSA) is 90.4 Å². The van der Waals surface area contributed by atoms with Gasteiger partial charge in [-0.2, -0.15) is 0 Å². The zero-order valence-electron chi connectivity index (χ0n) is 15.4. The molecule has 7 nitrogen and oxygen atoms in total. The van der Waals surface area contributed by atoms with Crippen molar-refractivity contribution in [2.45, 2.75) is 6.92 Å². The van der Waals surface area contributed by atoms with E-state index in [1.165, 1.54) is 0 Å². The second-order valence-corrected chi connectivity index (χ2v) is 6.26. The Labute approximate surface area is 157 Å². The number of benzene rings is 2. The van der Waals surface area contributed by atoms with Crippen LogP contribution in [-0.2, 0) is 0 Å². The Hall–Kier alpha value is -3.61. The summed E-state index contributed by atoms with van der Waals surface area (Å²) in [7, 11) is 3.99. The Bertz CT molecular complexity index is 955. The molecule has 27 heavy (non-hydrogen) atoms. The fraction of sp³-hybridized carbons (Fsp3) is 0.150. The van der Waals surface area contributed by atoms with Gasteiger partial charge in [-0.15, -0.1) is 0 Å². The van der Waals surface area contributed by atoms with Crippen LogP contribution in [0, 0.1) is 6.92 Å². The molecule has 0 spiro atoms. The van der Waals surface area contributed by atoms with Crippen LogP contribution in [0.5, 0.6) is 0 Å². The monoisotopic (exact) mass is 363 g/mol. The maximum Gasteiger partial charge on any atom is 0.335 e. The number of hydrogen-bond acceptors (Lipinski definition) is 6. The molecule has 0 bridgehead atoms. The summed E-state index contributed by atoms with van der Waals surface area (Å²) in [4.78, 5) is 21.9. The number of aromatic nitrogens is 2. The van der Waals surface area contributed by atoms with Crippen molar-refractivity contribution < 1.29 is 9.90 Å². The standard InChI is InChI=1S/C20H21N5O2/c1-13-21-18(23-15-7-9-17(10-8-15)25(2)3)12-19(22-13)24-16-6-4-5-14(11-16)20(26)27/h4-12H,1-3H3,(H,26,27)(H2,21,22,23,24). The lowest BCUT2D eigenvalue weighted by atomic mass is 10.2. The summed E-state index contributed by atoms with van der Waals surface area (Å²) in [6.07, 6.45) is 0. The maximum atomic E-state index is 11.1. The number of carboxylic acids is 1. The van der Waals surface area contributed by atoms with Crippen molar-refractivity contribution in [3.63, 3.8) is 0 Å². The first kappa shape index (κ1) is 18.2. The summed E-state index contributed by atoms with van der Waals surface area (Å²) in [6, 6.07) is 16.4. The van der Waals surface area contributed by atoms with E-state index in [0.717, 1.165) is 11.4 Å². The number of aromatic carboxylic acids is 1. The highest BCUT2D eigenvalue weighted by molar-refractivity contribution is 5.89. The molecular weight excluding hydrogens is 342 g/mol. The lowest BCUT2D eigenvalue weighted by Crippen LogP contribution is -2.08. The molecule has 7 heteroatoms. The van der Waals surface area contributed by atoms with Crippen LogP contribution in [0.25, 0.3) is 0 Å². The predicted molar refractivity (Wildman–Crippen MR) is 108 cm³/mol. The van der Waals surface area contributed by atoms with Crippen molar-refractivity contribution in [2.24, 2.45) is 0 Å². The van der Waals surface area contributed by atoms with Crippen LogP contribution in [-0.4, -0.2) is 35.1 Å². The lowest BCUT2D eigenvalue weighted by molar-refractivity contribution is 0.0697. The number of anilines is 5. The zero-order valence-corrected chi connectivity index (χ0v) is 15.4. The first-order valence-electron chi connectivity index (χ1n) is 8.41. The normalized spacial score (nSPS) is 10.3. The minimum atomic E-state index is -0.971. The van der Waals surface area contributed by atoms with E-state index in [4.69, 9.17) is 5.11 Å². The van der Waals surface area contributed by atoms with Gasteiger partial charge in [0.2, 0.25) is 0 Å². The van der Waals surface area contributed by atoms with Crippen LogP contribution in [0.1, 0.15) is 16.2 Å². The first-order chi connectivity index (χ1) is 12.9. The van der Waals surface area contributed by atoms with Crippen molar-refractivity contribution >= 4 is 34.7 Å². The molecule has 0 aliphatic rings. The number of rotatable bonds is 6. The Balaban J connectivity index is 1.80. The third-order valence-corrected chi connectivity index (χ3v) is 3.88. The molecule has 0 aliphatic carbocycles. The average molecular weight is 363 g/mol. The molecule has 0 radical (unpaired) electrons. The highest BCUT2D eigenvalue weighted by Crippen LogP contribution is 2.22. The third-order valence-electron chi connectivity index (χ3n) is 3.88. The predicted octanol–water partition coefficient (Wildman–Crippen LogP) is 4.04. The molecule has 1 heterocycles. The van der Waals surface area contributed by atoms with Gasteiger partial charge in [0.15, 0.2) is 0 Å². The van der Waals surface area contributed by atoms with Gasteiger partial charge in [0.25, 0.3) is 0 Å². The Morgan fingerprint density at radius 2 is 1.56 bits per heavy atom. The van der Waals surface area contributed by atoms with E-state index in [1.54, 1.807) is 37.3 Å². The second kappa shape index (κ2) is 7.74. The number of carboxylic acid groups (broad SMARTS) is 1. The highest BCUT2D eigenvalue weighted by atomic mass is 16.4. The van der Waals surface area contributed by atoms with Crippen LogP contribution in [0.2, 0.25) is 0 Å². The molecule has 3 rings (SSSR count). The quantitative estimate of drug-likeness (QED) is 0.609. The van der Waals surface area contributed by atoms with Gasteiger partial charge < -0.3 is 20.6 Å². The number of carbonyl (C=O) groups is 1. The van der Waals surface area contributed by atoms with Crippen molar-refractivity contribution in [3.8, 4) is 0 Å². The van der Waals surface area contributed by atoms with E-state index in [-0.39, 0.29) is 5.56 Å². The van der Waals surface area contributed by atoms with Crippen LogP contribution in [0.4, 0.5) is 28.7 Å². The summed E-state index contributed by atoms with van der Waals surface area (Å²) in [5.41, 5.74) is 2.89. The van der Waals surface area contributed by atoms with E-state index in [1.807, 2.05) is 43.3 Å². The van der Waals surface area contributed by atoms with Crippen molar-refractivity contribution in [1.82, 2.24) is 9.97 Å². The largest absolute Gasteiger partial charge is 0.478 e. The molecule has 3 N–H and O–H groups in total. The Morgan fingerprint density at radius 1 is 0.926 bits per heavy atom. The number of hydrogen-bond donors (Lipinski definition) is 3. The fourth-order valence-electron chi connectivity index (χ4n) is 2.56. The molecular formula is C20H21N5O2. The summed E-state index contributed by atoms with van der Waals surface area (Å²) >= 11 is 0. The van der Waals surface area contributed by atoms with Crippen LogP contribution in [0.3, 0.4) is 0 Å². The van der Waals surface area contributed by atoms with Gasteiger partial charge in [0.05, 0.1) is 5.56 Å². The molecule has 0 aliphatic heterocycles. The van der Waals surface area contributed by atoms with Crippen LogP contribution in [0.15, 0.2) is 54.6 Å². The zero-order chi connectivity index (χ0) is 19.4. The SMILES string of the molecule is Cc1nc(Nc2ccc(N(C)C)cc2)cc(Nc2cccc(C(=O)O)c2)n1. The van der Waals surface area contributed by atoms with Gasteiger partial charge >= 0.3 is 5.97 Å². The smallest absolute Gasteiger partial charge is 0.335 e. The van der Waals surface area contributed by atoms with Gasteiger partial charge in [0.1, 0.15) is 17.5 Å². The van der Waals surface area contributed by atoms with E-state index in [2.05, 4.69) is 20.6 Å². The van der Waals surface area contributed by atoms with Gasteiger partial charge in [-0.1, -0.05) is 6.07 Å². The van der Waals surface area contributed by atoms with Crippen molar-refractivity contribution in [2.75, 3.05) is 29.6 Å². The van der Waals surface area contributed by atoms with Gasteiger partial charge in [0, 0.05) is 37.2 Å². The van der Waals surface area contributed by atoms with E-state index < -0.39 is 5.97 Å². The van der Waals surface area contributed by atoms with E-state index in [9.17, 15) is 4.79 Å². The summed E-state index contributed by atoms with van der Waals surface area (Å²) < 4.78 is 0. The summed E-state index contributed by atoms with van der Waals surface area (Å²) in [5, 5.41) is 15.5. The minimum absolute atomic E-state index is 0.213.